The number of hydrogen-bond acceptors (Lipinski definition) is 3. The van der Waals surface area contributed by atoms with Crippen LogP contribution in [0.3, 0.4) is 0 Å². The molecule has 1 unspecified atom stereocenters. The van der Waals surface area contributed by atoms with Crippen molar-refractivity contribution in [3.8, 4) is 0 Å². The van der Waals surface area contributed by atoms with Gasteiger partial charge in [-0.05, 0) is 38.2 Å². The lowest BCUT2D eigenvalue weighted by molar-refractivity contribution is -0.153. The van der Waals surface area contributed by atoms with Gasteiger partial charge in [0.1, 0.15) is 5.41 Å². The maximum Gasteiger partial charge on any atom is 0.333 e. The van der Waals surface area contributed by atoms with Crippen LogP contribution in [-0.2, 0) is 9.59 Å². The van der Waals surface area contributed by atoms with Crippen molar-refractivity contribution in [2.75, 3.05) is 19.5 Å². The minimum atomic E-state index is -1.25. The molecule has 0 bridgehead atoms. The molecule has 110 valence electrons. The first kappa shape index (κ1) is 15.0. The van der Waals surface area contributed by atoms with Crippen LogP contribution in [0.1, 0.15) is 32.6 Å². The SMILES string of the molecule is CN1C(=O)N(CCCl)C(=O)C(C)(C2=CCCCC2)C1=O. The second-order valence-electron chi connectivity index (χ2n) is 5.39. The lowest BCUT2D eigenvalue weighted by Gasteiger charge is -2.42. The number of carbonyl (C=O) groups is 3. The van der Waals surface area contributed by atoms with Crippen molar-refractivity contribution in [2.45, 2.75) is 32.6 Å². The smallest absolute Gasteiger partial charge is 0.273 e. The molecule has 20 heavy (non-hydrogen) atoms. The van der Waals surface area contributed by atoms with Crippen molar-refractivity contribution in [3.63, 3.8) is 0 Å². The van der Waals surface area contributed by atoms with Crippen LogP contribution in [0.4, 0.5) is 4.79 Å². The van der Waals surface area contributed by atoms with Crippen LogP contribution in [-0.4, -0.2) is 47.1 Å². The molecule has 5 nitrogen and oxygen atoms in total. The molecular weight excluding hydrogens is 280 g/mol. The van der Waals surface area contributed by atoms with Crippen LogP contribution in [0.5, 0.6) is 0 Å². The molecule has 1 atom stereocenters. The Kier molecular flexibility index (Phi) is 4.18. The molecule has 2 rings (SSSR count). The highest BCUT2D eigenvalue weighted by atomic mass is 35.5. The quantitative estimate of drug-likeness (QED) is 0.456. The van der Waals surface area contributed by atoms with Crippen LogP contribution in [0, 0.1) is 5.41 Å². The molecule has 6 heteroatoms. The number of halogens is 1. The summed E-state index contributed by atoms with van der Waals surface area (Å²) in [6, 6.07) is -0.588. The van der Waals surface area contributed by atoms with E-state index >= 15 is 0 Å². The summed E-state index contributed by atoms with van der Waals surface area (Å²) in [4.78, 5) is 39.3. The molecule has 0 spiro atoms. The van der Waals surface area contributed by atoms with E-state index in [2.05, 4.69) is 0 Å². The van der Waals surface area contributed by atoms with Gasteiger partial charge < -0.3 is 0 Å². The number of barbiturate groups is 1. The number of rotatable bonds is 3. The van der Waals surface area contributed by atoms with Gasteiger partial charge in [0.25, 0.3) is 0 Å². The van der Waals surface area contributed by atoms with Crippen LogP contribution in [0.2, 0.25) is 0 Å². The van der Waals surface area contributed by atoms with Gasteiger partial charge >= 0.3 is 6.03 Å². The molecule has 0 saturated carbocycles. The van der Waals surface area contributed by atoms with E-state index in [1.807, 2.05) is 6.08 Å². The fourth-order valence-electron chi connectivity index (χ4n) is 2.90. The summed E-state index contributed by atoms with van der Waals surface area (Å²) < 4.78 is 0. The molecule has 0 aromatic rings. The average molecular weight is 299 g/mol. The molecule has 0 radical (unpaired) electrons. The van der Waals surface area contributed by atoms with Crippen molar-refractivity contribution in [1.29, 1.82) is 0 Å². The molecule has 1 saturated heterocycles. The van der Waals surface area contributed by atoms with E-state index in [4.69, 9.17) is 11.6 Å². The zero-order valence-corrected chi connectivity index (χ0v) is 12.6. The molecule has 2 aliphatic rings. The Hall–Kier alpha value is -1.36. The summed E-state index contributed by atoms with van der Waals surface area (Å²) in [5, 5.41) is 0. The monoisotopic (exact) mass is 298 g/mol. The van der Waals surface area contributed by atoms with Crippen LogP contribution < -0.4 is 0 Å². The first-order valence-electron chi connectivity index (χ1n) is 6.84. The standard InChI is InChI=1S/C14H19ClN2O3/c1-14(10-6-4-3-5-7-10)11(18)16(2)13(20)17(9-8-15)12(14)19/h6H,3-5,7-9H2,1-2H3. The number of amides is 4. The third-order valence-electron chi connectivity index (χ3n) is 4.16. The number of allylic oxidation sites excluding steroid dienone is 1. The fourth-order valence-corrected chi connectivity index (χ4v) is 3.07. The third-order valence-corrected chi connectivity index (χ3v) is 4.33. The van der Waals surface area contributed by atoms with Gasteiger partial charge in [-0.2, -0.15) is 0 Å². The molecule has 0 aromatic heterocycles. The number of alkyl halides is 1. The van der Waals surface area contributed by atoms with Crippen molar-refractivity contribution in [3.05, 3.63) is 11.6 Å². The molecule has 1 heterocycles. The first-order valence-corrected chi connectivity index (χ1v) is 7.37. The average Bonchev–Trinajstić information content (AvgIpc) is 2.48. The lowest BCUT2D eigenvalue weighted by Crippen LogP contribution is -2.64. The van der Waals surface area contributed by atoms with E-state index in [-0.39, 0.29) is 12.4 Å². The summed E-state index contributed by atoms with van der Waals surface area (Å²) >= 11 is 5.66. The predicted octanol–water partition coefficient (Wildman–Crippen LogP) is 2.15. The predicted molar refractivity (Wildman–Crippen MR) is 75.3 cm³/mol. The second-order valence-corrected chi connectivity index (χ2v) is 5.77. The van der Waals surface area contributed by atoms with Gasteiger partial charge in [0.2, 0.25) is 11.8 Å². The summed E-state index contributed by atoms with van der Waals surface area (Å²) in [5.41, 5.74) is -0.424. The highest BCUT2D eigenvalue weighted by molar-refractivity contribution is 6.22. The molecule has 4 amide bonds. The fraction of sp³-hybridized carbons (Fsp3) is 0.643. The zero-order chi connectivity index (χ0) is 14.9. The van der Waals surface area contributed by atoms with Gasteiger partial charge in [0.05, 0.1) is 0 Å². The van der Waals surface area contributed by atoms with Crippen molar-refractivity contribution in [1.82, 2.24) is 9.80 Å². The van der Waals surface area contributed by atoms with Crippen LogP contribution in [0.25, 0.3) is 0 Å². The molecule has 1 aliphatic carbocycles. The van der Waals surface area contributed by atoms with Crippen LogP contribution >= 0.6 is 11.6 Å². The minimum Gasteiger partial charge on any atom is -0.273 e. The number of hydrogen-bond donors (Lipinski definition) is 0. The van der Waals surface area contributed by atoms with Crippen molar-refractivity contribution in [2.24, 2.45) is 5.41 Å². The van der Waals surface area contributed by atoms with Gasteiger partial charge in [0.15, 0.2) is 0 Å². The molecule has 1 aliphatic heterocycles. The van der Waals surface area contributed by atoms with Gasteiger partial charge in [-0.25, -0.2) is 4.79 Å². The largest absolute Gasteiger partial charge is 0.333 e. The Morgan fingerprint density at radius 3 is 2.50 bits per heavy atom. The Balaban J connectivity index is 2.44. The highest BCUT2D eigenvalue weighted by Crippen LogP contribution is 2.40. The minimum absolute atomic E-state index is 0.125. The lowest BCUT2D eigenvalue weighted by atomic mass is 9.74. The van der Waals surface area contributed by atoms with Crippen LogP contribution in [0.15, 0.2) is 11.6 Å². The normalized spacial score (nSPS) is 27.9. The molecule has 0 N–H and O–H groups in total. The second kappa shape index (κ2) is 5.56. The van der Waals surface area contributed by atoms with Gasteiger partial charge in [-0.3, -0.25) is 19.4 Å². The van der Waals surface area contributed by atoms with Gasteiger partial charge in [-0.15, -0.1) is 11.6 Å². The molecule has 0 aromatic carbocycles. The van der Waals surface area contributed by atoms with Gasteiger partial charge in [-0.1, -0.05) is 6.08 Å². The van der Waals surface area contributed by atoms with E-state index in [0.717, 1.165) is 41.1 Å². The summed E-state index contributed by atoms with van der Waals surface area (Å²) in [6.45, 7) is 1.75. The number of urea groups is 1. The van der Waals surface area contributed by atoms with E-state index in [1.165, 1.54) is 7.05 Å². The van der Waals surface area contributed by atoms with Crippen molar-refractivity contribution < 1.29 is 14.4 Å². The van der Waals surface area contributed by atoms with E-state index < -0.39 is 23.3 Å². The molecule has 1 fully saturated rings. The maximum atomic E-state index is 12.7. The summed E-state index contributed by atoms with van der Waals surface area (Å²) in [6.07, 6.45) is 5.61. The summed E-state index contributed by atoms with van der Waals surface area (Å²) in [7, 11) is 1.42. The third kappa shape index (κ3) is 2.14. The topological polar surface area (TPSA) is 57.7 Å². The number of nitrogens with zero attached hydrogens (tertiary/aromatic N) is 2. The van der Waals surface area contributed by atoms with E-state index in [0.29, 0.717) is 0 Å². The Labute approximate surface area is 123 Å². The Morgan fingerprint density at radius 1 is 1.25 bits per heavy atom. The number of carbonyl (C=O) groups excluding carboxylic acids is 3. The Morgan fingerprint density at radius 2 is 1.95 bits per heavy atom. The zero-order valence-electron chi connectivity index (χ0n) is 11.8. The summed E-state index contributed by atoms with van der Waals surface area (Å²) in [5.74, 6) is -0.722. The Bertz CT molecular complexity index is 489. The maximum absolute atomic E-state index is 12.7. The highest BCUT2D eigenvalue weighted by Gasteiger charge is 2.54. The first-order chi connectivity index (χ1) is 9.44. The number of imide groups is 2. The van der Waals surface area contributed by atoms with Crippen molar-refractivity contribution >= 4 is 29.4 Å². The molecular formula is C14H19ClN2O3. The van der Waals surface area contributed by atoms with E-state index in [1.54, 1.807) is 6.92 Å². The van der Waals surface area contributed by atoms with Gasteiger partial charge in [0, 0.05) is 19.5 Å². The van der Waals surface area contributed by atoms with E-state index in [9.17, 15) is 14.4 Å².